The normalized spacial score (nSPS) is 20.2. The van der Waals surface area contributed by atoms with Crippen molar-refractivity contribution >= 4 is 29.2 Å². The standard InChI is InChI=1S/C10H13BrSi/c1-12(6-3-7-12)10-5-2-4-9(11)8-10/h2,4-5,8H,3,6-7H2,1H3. The maximum atomic E-state index is 3.53. The van der Waals surface area contributed by atoms with E-state index in [9.17, 15) is 0 Å². The summed E-state index contributed by atoms with van der Waals surface area (Å²) in [7, 11) is -0.934. The van der Waals surface area contributed by atoms with E-state index in [0.717, 1.165) is 0 Å². The molecular weight excluding hydrogens is 228 g/mol. The quantitative estimate of drug-likeness (QED) is 0.662. The second kappa shape index (κ2) is 3.00. The minimum absolute atomic E-state index is 0.934. The van der Waals surface area contributed by atoms with Crippen LogP contribution >= 0.6 is 15.9 Å². The summed E-state index contributed by atoms with van der Waals surface area (Å²) in [5.41, 5.74) is 0. The molecule has 0 atom stereocenters. The van der Waals surface area contributed by atoms with Crippen LogP contribution in [0.1, 0.15) is 6.42 Å². The molecule has 2 heteroatoms. The molecule has 1 aliphatic heterocycles. The van der Waals surface area contributed by atoms with E-state index in [1.807, 2.05) is 0 Å². The number of halogens is 1. The highest BCUT2D eigenvalue weighted by atomic mass is 79.9. The molecule has 0 unspecified atom stereocenters. The molecule has 0 amide bonds. The largest absolute Gasteiger partial charge is 0.0837 e. The van der Waals surface area contributed by atoms with Crippen LogP contribution in [0.5, 0.6) is 0 Å². The molecule has 0 aliphatic carbocycles. The predicted octanol–water partition coefficient (Wildman–Crippen LogP) is 3.14. The van der Waals surface area contributed by atoms with Crippen LogP contribution in [0.4, 0.5) is 0 Å². The van der Waals surface area contributed by atoms with Crippen LogP contribution in [0.25, 0.3) is 0 Å². The van der Waals surface area contributed by atoms with E-state index < -0.39 is 8.07 Å². The van der Waals surface area contributed by atoms with Crippen molar-refractivity contribution in [2.24, 2.45) is 0 Å². The average molecular weight is 241 g/mol. The van der Waals surface area contributed by atoms with Gasteiger partial charge in [0.25, 0.3) is 0 Å². The lowest BCUT2D eigenvalue weighted by molar-refractivity contribution is 0.917. The molecule has 1 heterocycles. The van der Waals surface area contributed by atoms with E-state index in [1.165, 1.54) is 23.0 Å². The van der Waals surface area contributed by atoms with Gasteiger partial charge in [0, 0.05) is 4.47 Å². The van der Waals surface area contributed by atoms with Gasteiger partial charge < -0.3 is 0 Å². The Labute approximate surface area is 83.1 Å². The zero-order chi connectivity index (χ0) is 8.60. The Morgan fingerprint density at radius 2 is 2.08 bits per heavy atom. The minimum atomic E-state index is -0.934. The fourth-order valence-electron chi connectivity index (χ4n) is 1.86. The zero-order valence-corrected chi connectivity index (χ0v) is 9.89. The van der Waals surface area contributed by atoms with E-state index in [2.05, 4.69) is 46.7 Å². The van der Waals surface area contributed by atoms with Gasteiger partial charge in [-0.15, -0.1) is 0 Å². The van der Waals surface area contributed by atoms with Crippen molar-refractivity contribution < 1.29 is 0 Å². The summed E-state index contributed by atoms with van der Waals surface area (Å²) >= 11 is 3.53. The van der Waals surface area contributed by atoms with Crippen molar-refractivity contribution in [1.82, 2.24) is 0 Å². The Morgan fingerprint density at radius 1 is 1.33 bits per heavy atom. The van der Waals surface area contributed by atoms with Crippen molar-refractivity contribution in [2.75, 3.05) is 0 Å². The molecule has 0 bridgehead atoms. The van der Waals surface area contributed by atoms with Gasteiger partial charge in [-0.1, -0.05) is 58.3 Å². The van der Waals surface area contributed by atoms with Crippen LogP contribution in [0, 0.1) is 0 Å². The van der Waals surface area contributed by atoms with E-state index >= 15 is 0 Å². The molecule has 64 valence electrons. The van der Waals surface area contributed by atoms with Gasteiger partial charge in [0.1, 0.15) is 0 Å². The second-order valence-electron chi connectivity index (χ2n) is 3.92. The van der Waals surface area contributed by atoms with Crippen molar-refractivity contribution in [3.63, 3.8) is 0 Å². The number of hydrogen-bond donors (Lipinski definition) is 0. The maximum absolute atomic E-state index is 3.53. The molecule has 12 heavy (non-hydrogen) atoms. The van der Waals surface area contributed by atoms with Gasteiger partial charge in [-0.3, -0.25) is 0 Å². The summed E-state index contributed by atoms with van der Waals surface area (Å²) in [5, 5.41) is 1.63. The molecule has 1 saturated heterocycles. The topological polar surface area (TPSA) is 0 Å². The molecule has 1 fully saturated rings. The first-order chi connectivity index (χ1) is 5.71. The van der Waals surface area contributed by atoms with Crippen LogP contribution in [0.15, 0.2) is 28.7 Å². The van der Waals surface area contributed by atoms with Gasteiger partial charge in [0.05, 0.1) is 8.07 Å². The summed E-state index contributed by atoms with van der Waals surface area (Å²) in [4.78, 5) is 0. The van der Waals surface area contributed by atoms with E-state index in [0.29, 0.717) is 0 Å². The highest BCUT2D eigenvalue weighted by Gasteiger charge is 2.35. The van der Waals surface area contributed by atoms with Gasteiger partial charge in [0.15, 0.2) is 0 Å². The Morgan fingerprint density at radius 3 is 2.58 bits per heavy atom. The molecule has 1 aromatic carbocycles. The molecule has 0 radical (unpaired) electrons. The zero-order valence-electron chi connectivity index (χ0n) is 7.31. The Kier molecular flexibility index (Phi) is 2.13. The molecule has 0 spiro atoms. The first-order valence-corrected chi connectivity index (χ1v) is 8.17. The molecule has 1 aromatic rings. The highest BCUT2D eigenvalue weighted by Crippen LogP contribution is 2.31. The molecule has 0 nitrogen and oxygen atoms in total. The number of hydrogen-bond acceptors (Lipinski definition) is 0. The molecule has 0 aromatic heterocycles. The third kappa shape index (κ3) is 1.38. The molecule has 2 rings (SSSR count). The lowest BCUT2D eigenvalue weighted by Gasteiger charge is -2.36. The summed E-state index contributed by atoms with van der Waals surface area (Å²) in [6, 6.07) is 11.9. The van der Waals surface area contributed by atoms with Crippen LogP contribution in [0.2, 0.25) is 18.6 Å². The van der Waals surface area contributed by atoms with Gasteiger partial charge in [-0.05, 0) is 12.1 Å². The van der Waals surface area contributed by atoms with E-state index in [1.54, 1.807) is 5.19 Å². The Bertz CT molecular complexity index is 292. The summed E-state index contributed by atoms with van der Waals surface area (Å²) in [6.07, 6.45) is 1.45. The van der Waals surface area contributed by atoms with Gasteiger partial charge >= 0.3 is 0 Å². The van der Waals surface area contributed by atoms with E-state index in [-0.39, 0.29) is 0 Å². The fraction of sp³-hybridized carbons (Fsp3) is 0.400. The lowest BCUT2D eigenvalue weighted by Crippen LogP contribution is -2.50. The molecule has 1 aliphatic rings. The minimum Gasteiger partial charge on any atom is -0.0652 e. The van der Waals surface area contributed by atoms with Crippen molar-refractivity contribution in [1.29, 1.82) is 0 Å². The van der Waals surface area contributed by atoms with Crippen molar-refractivity contribution in [3.8, 4) is 0 Å². The number of rotatable bonds is 1. The summed E-state index contributed by atoms with van der Waals surface area (Å²) in [6.45, 7) is 2.50. The fourth-order valence-corrected chi connectivity index (χ4v) is 5.46. The number of benzene rings is 1. The second-order valence-corrected chi connectivity index (χ2v) is 9.54. The van der Waals surface area contributed by atoms with Crippen molar-refractivity contribution in [2.45, 2.75) is 25.1 Å². The maximum Gasteiger partial charge on any atom is 0.0837 e. The van der Waals surface area contributed by atoms with Crippen LogP contribution in [0.3, 0.4) is 0 Å². The Balaban J connectivity index is 2.33. The summed E-state index contributed by atoms with van der Waals surface area (Å²) in [5.74, 6) is 0. The lowest BCUT2D eigenvalue weighted by atomic mass is 10.4. The molecule has 0 N–H and O–H groups in total. The first-order valence-electron chi connectivity index (χ1n) is 4.47. The van der Waals surface area contributed by atoms with Gasteiger partial charge in [0.2, 0.25) is 0 Å². The monoisotopic (exact) mass is 240 g/mol. The summed E-state index contributed by atoms with van der Waals surface area (Å²) < 4.78 is 1.24. The third-order valence-electron chi connectivity index (χ3n) is 2.98. The Hall–Kier alpha value is -0.0831. The third-order valence-corrected chi connectivity index (χ3v) is 8.09. The first kappa shape index (κ1) is 8.51. The van der Waals surface area contributed by atoms with Gasteiger partial charge in [-0.25, -0.2) is 0 Å². The molecular formula is C10H13BrSi. The predicted molar refractivity (Wildman–Crippen MR) is 59.6 cm³/mol. The highest BCUT2D eigenvalue weighted by molar-refractivity contribution is 9.10. The SMILES string of the molecule is C[Si]1(c2cccc(Br)c2)CCC1. The van der Waals surface area contributed by atoms with Crippen LogP contribution in [-0.4, -0.2) is 8.07 Å². The smallest absolute Gasteiger partial charge is 0.0652 e. The van der Waals surface area contributed by atoms with Gasteiger partial charge in [-0.2, -0.15) is 0 Å². The van der Waals surface area contributed by atoms with Crippen LogP contribution < -0.4 is 5.19 Å². The molecule has 0 saturated carbocycles. The van der Waals surface area contributed by atoms with Crippen molar-refractivity contribution in [3.05, 3.63) is 28.7 Å². The average Bonchev–Trinajstić information content (AvgIpc) is 2.00. The van der Waals surface area contributed by atoms with E-state index in [4.69, 9.17) is 0 Å². The van der Waals surface area contributed by atoms with Crippen LogP contribution in [-0.2, 0) is 0 Å².